The van der Waals surface area contributed by atoms with E-state index in [1.807, 2.05) is 0 Å². The summed E-state index contributed by atoms with van der Waals surface area (Å²) in [6.45, 7) is 6.53. The van der Waals surface area contributed by atoms with Gasteiger partial charge in [0.2, 0.25) is 0 Å². The Morgan fingerprint density at radius 3 is 2.69 bits per heavy atom. The first-order valence-corrected chi connectivity index (χ1v) is 10.1. The molecule has 0 aliphatic carbocycles. The molecule has 2 aromatic rings. The number of unbranched alkanes of at least 4 members (excludes halogenated alkanes) is 1. The van der Waals surface area contributed by atoms with Crippen molar-refractivity contribution in [3.05, 3.63) is 60.7 Å². The topological polar surface area (TPSA) is 66.5 Å². The molecule has 1 N–H and O–H groups in total. The molecule has 1 aliphatic rings. The highest BCUT2D eigenvalue weighted by atomic mass is 32.2. The summed E-state index contributed by atoms with van der Waals surface area (Å²) in [6, 6.07) is 12.0. The van der Waals surface area contributed by atoms with Crippen LogP contribution in [0, 0.1) is 0 Å². The zero-order valence-electron chi connectivity index (χ0n) is 14.7. The highest BCUT2D eigenvalue weighted by Crippen LogP contribution is 2.43. The molecule has 0 saturated heterocycles. The van der Waals surface area contributed by atoms with Crippen molar-refractivity contribution >= 4 is 21.6 Å². The number of nitrogens with one attached hydrogen (secondary N) is 1. The zero-order valence-corrected chi connectivity index (χ0v) is 15.6. The standard InChI is InChI=1S/C20H22N2O3S/c1-3-5-12-21-20(23)15-10-11-18-17(14-15)16-8-6-7-9-19(16)26(24,25)22(18)13-4-2/h4,6-11,14H,2-3,5,12-13H2,1H3,(H,21,23). The Hall–Kier alpha value is -2.60. The summed E-state index contributed by atoms with van der Waals surface area (Å²) in [5, 5.41) is 2.90. The molecule has 5 nitrogen and oxygen atoms in total. The predicted octanol–water partition coefficient (Wildman–Crippen LogP) is 3.58. The van der Waals surface area contributed by atoms with Crippen LogP contribution in [0.5, 0.6) is 0 Å². The molecule has 0 atom stereocenters. The number of anilines is 1. The monoisotopic (exact) mass is 370 g/mol. The van der Waals surface area contributed by atoms with Gasteiger partial charge in [-0.25, -0.2) is 8.42 Å². The van der Waals surface area contributed by atoms with Crippen molar-refractivity contribution in [1.82, 2.24) is 5.32 Å². The van der Waals surface area contributed by atoms with Crippen LogP contribution < -0.4 is 9.62 Å². The third-order valence-electron chi connectivity index (χ3n) is 4.38. The first-order chi connectivity index (χ1) is 12.5. The Morgan fingerprint density at radius 2 is 1.96 bits per heavy atom. The third kappa shape index (κ3) is 3.12. The average molecular weight is 370 g/mol. The summed E-state index contributed by atoms with van der Waals surface area (Å²) < 4.78 is 27.2. The lowest BCUT2D eigenvalue weighted by Gasteiger charge is -2.31. The molecule has 0 unspecified atom stereocenters. The van der Waals surface area contributed by atoms with Crippen molar-refractivity contribution in [2.45, 2.75) is 24.7 Å². The third-order valence-corrected chi connectivity index (χ3v) is 6.22. The number of nitrogens with zero attached hydrogens (tertiary/aromatic N) is 1. The summed E-state index contributed by atoms with van der Waals surface area (Å²) in [6.07, 6.45) is 3.48. The van der Waals surface area contributed by atoms with Crippen molar-refractivity contribution in [2.75, 3.05) is 17.4 Å². The van der Waals surface area contributed by atoms with Crippen LogP contribution in [0.4, 0.5) is 5.69 Å². The van der Waals surface area contributed by atoms with Crippen molar-refractivity contribution in [2.24, 2.45) is 0 Å². The van der Waals surface area contributed by atoms with Gasteiger partial charge in [0.15, 0.2) is 0 Å². The van der Waals surface area contributed by atoms with Gasteiger partial charge < -0.3 is 5.32 Å². The Kier molecular flexibility index (Phi) is 5.13. The van der Waals surface area contributed by atoms with Crippen LogP contribution in [0.1, 0.15) is 30.1 Å². The lowest BCUT2D eigenvalue weighted by atomic mass is 10.00. The molecule has 26 heavy (non-hydrogen) atoms. The van der Waals surface area contributed by atoms with E-state index in [0.717, 1.165) is 18.4 Å². The average Bonchev–Trinajstić information content (AvgIpc) is 2.65. The Bertz CT molecular complexity index is 951. The number of rotatable bonds is 6. The van der Waals surface area contributed by atoms with Crippen molar-refractivity contribution in [1.29, 1.82) is 0 Å². The van der Waals surface area contributed by atoms with E-state index in [1.54, 1.807) is 48.5 Å². The van der Waals surface area contributed by atoms with Gasteiger partial charge in [-0.05, 0) is 30.7 Å². The van der Waals surface area contributed by atoms with Crippen molar-refractivity contribution in [3.8, 4) is 11.1 Å². The minimum atomic E-state index is -3.65. The fraction of sp³-hybridized carbons (Fsp3) is 0.250. The van der Waals surface area contributed by atoms with E-state index in [1.165, 1.54) is 4.31 Å². The summed E-state index contributed by atoms with van der Waals surface area (Å²) in [5.74, 6) is -0.151. The largest absolute Gasteiger partial charge is 0.352 e. The smallest absolute Gasteiger partial charge is 0.265 e. The molecule has 1 aliphatic heterocycles. The van der Waals surface area contributed by atoms with Gasteiger partial charge in [-0.3, -0.25) is 9.10 Å². The molecule has 0 spiro atoms. The number of amides is 1. The molecule has 0 radical (unpaired) electrons. The Labute approximate surface area is 154 Å². The van der Waals surface area contributed by atoms with Gasteiger partial charge in [0.25, 0.3) is 15.9 Å². The molecule has 3 rings (SSSR count). The van der Waals surface area contributed by atoms with Crippen molar-refractivity contribution < 1.29 is 13.2 Å². The second-order valence-corrected chi connectivity index (χ2v) is 7.99. The van der Waals surface area contributed by atoms with Crippen LogP contribution >= 0.6 is 0 Å². The molecule has 136 valence electrons. The number of sulfonamides is 1. The summed E-state index contributed by atoms with van der Waals surface area (Å²) >= 11 is 0. The van der Waals surface area contributed by atoms with E-state index in [4.69, 9.17) is 0 Å². The molecule has 1 amide bonds. The molecule has 0 fully saturated rings. The van der Waals surface area contributed by atoms with Gasteiger partial charge in [0, 0.05) is 23.2 Å². The predicted molar refractivity (Wildman–Crippen MR) is 104 cm³/mol. The second-order valence-electron chi connectivity index (χ2n) is 6.16. The normalized spacial score (nSPS) is 14.3. The first kappa shape index (κ1) is 18.2. The molecule has 2 aromatic carbocycles. The second kappa shape index (κ2) is 7.33. The van der Waals surface area contributed by atoms with Crippen LogP contribution in [-0.2, 0) is 10.0 Å². The Morgan fingerprint density at radius 1 is 1.19 bits per heavy atom. The van der Waals surface area contributed by atoms with Gasteiger partial charge >= 0.3 is 0 Å². The minimum absolute atomic E-state index is 0.151. The fourth-order valence-corrected chi connectivity index (χ4v) is 4.73. The van der Waals surface area contributed by atoms with Gasteiger partial charge in [0.1, 0.15) is 0 Å². The van der Waals surface area contributed by atoms with E-state index >= 15 is 0 Å². The van der Waals surface area contributed by atoms with Crippen LogP contribution in [0.3, 0.4) is 0 Å². The van der Waals surface area contributed by atoms with Crippen LogP contribution in [0.15, 0.2) is 60.0 Å². The molecule has 0 bridgehead atoms. The van der Waals surface area contributed by atoms with Crippen LogP contribution in [-0.4, -0.2) is 27.4 Å². The number of fused-ring (bicyclic) bond motifs is 3. The minimum Gasteiger partial charge on any atom is -0.352 e. The molecular weight excluding hydrogens is 348 g/mol. The van der Waals surface area contributed by atoms with Gasteiger partial charge in [-0.2, -0.15) is 0 Å². The quantitative estimate of drug-likeness (QED) is 0.624. The maximum Gasteiger partial charge on any atom is 0.265 e. The van der Waals surface area contributed by atoms with Gasteiger partial charge in [-0.15, -0.1) is 6.58 Å². The van der Waals surface area contributed by atoms with E-state index in [2.05, 4.69) is 18.8 Å². The van der Waals surface area contributed by atoms with E-state index in [0.29, 0.717) is 23.4 Å². The number of carbonyl (C=O) groups excluding carboxylic acids is 1. The molecule has 6 heteroatoms. The molecule has 0 aromatic heterocycles. The highest BCUT2D eigenvalue weighted by Gasteiger charge is 2.34. The van der Waals surface area contributed by atoms with Crippen LogP contribution in [0.25, 0.3) is 11.1 Å². The first-order valence-electron chi connectivity index (χ1n) is 8.66. The number of hydrogen-bond donors (Lipinski definition) is 1. The number of carbonyl (C=O) groups is 1. The Balaban J connectivity index is 2.10. The van der Waals surface area contributed by atoms with E-state index in [9.17, 15) is 13.2 Å². The summed E-state index contributed by atoms with van der Waals surface area (Å²) in [5.41, 5.74) is 2.44. The van der Waals surface area contributed by atoms with E-state index in [-0.39, 0.29) is 17.3 Å². The number of benzene rings is 2. The van der Waals surface area contributed by atoms with Gasteiger partial charge in [0.05, 0.1) is 17.1 Å². The molecule has 1 heterocycles. The SMILES string of the molecule is C=CCN1c2ccc(C(=O)NCCCC)cc2-c2ccccc2S1(=O)=O. The molecule has 0 saturated carbocycles. The van der Waals surface area contributed by atoms with Crippen molar-refractivity contribution in [3.63, 3.8) is 0 Å². The maximum absolute atomic E-state index is 12.9. The van der Waals surface area contributed by atoms with E-state index < -0.39 is 10.0 Å². The maximum atomic E-state index is 12.9. The fourth-order valence-electron chi connectivity index (χ4n) is 3.07. The number of hydrogen-bond acceptors (Lipinski definition) is 3. The lowest BCUT2D eigenvalue weighted by Crippen LogP contribution is -2.34. The summed E-state index contributed by atoms with van der Waals surface area (Å²) in [4.78, 5) is 12.6. The zero-order chi connectivity index (χ0) is 18.7. The molecular formula is C20H22N2O3S. The van der Waals surface area contributed by atoms with Gasteiger partial charge in [-0.1, -0.05) is 37.6 Å². The lowest BCUT2D eigenvalue weighted by molar-refractivity contribution is 0.0953. The van der Waals surface area contributed by atoms with Crippen LogP contribution in [0.2, 0.25) is 0 Å². The highest BCUT2D eigenvalue weighted by molar-refractivity contribution is 7.93. The summed E-state index contributed by atoms with van der Waals surface area (Å²) in [7, 11) is -3.65.